The van der Waals surface area contributed by atoms with Crippen LogP contribution in [0.2, 0.25) is 5.02 Å². The van der Waals surface area contributed by atoms with E-state index in [9.17, 15) is 14.4 Å². The van der Waals surface area contributed by atoms with Crippen molar-refractivity contribution in [2.75, 3.05) is 13.2 Å². The van der Waals surface area contributed by atoms with E-state index in [0.29, 0.717) is 27.5 Å². The first-order chi connectivity index (χ1) is 16.5. The molecule has 0 bridgehead atoms. The van der Waals surface area contributed by atoms with E-state index >= 15 is 0 Å². The number of hydrogen-bond acceptors (Lipinski definition) is 6. The van der Waals surface area contributed by atoms with Gasteiger partial charge in [-0.3, -0.25) is 9.36 Å². The molecule has 7 nitrogen and oxygen atoms in total. The number of carbonyl (C=O) groups is 3. The van der Waals surface area contributed by atoms with Crippen LogP contribution in [0, 0.1) is 0 Å². The predicted octanol–water partition coefficient (Wildman–Crippen LogP) is 5.24. The Morgan fingerprint density at radius 2 is 1.71 bits per heavy atom. The van der Waals surface area contributed by atoms with Crippen LogP contribution in [0.1, 0.15) is 50.7 Å². The lowest BCUT2D eigenvalue weighted by Crippen LogP contribution is -2.17. The van der Waals surface area contributed by atoms with Crippen molar-refractivity contribution < 1.29 is 23.9 Å². The molecule has 1 aliphatic heterocycles. The van der Waals surface area contributed by atoms with Crippen molar-refractivity contribution in [3.63, 3.8) is 0 Å². The maximum atomic E-state index is 13.6. The normalized spacial score (nSPS) is 11.9. The minimum absolute atomic E-state index is 0.0490. The molecule has 5 rings (SSSR count). The van der Waals surface area contributed by atoms with Gasteiger partial charge in [0.15, 0.2) is 0 Å². The number of aromatic nitrogens is 2. The average Bonchev–Trinajstić information content (AvgIpc) is 3.32. The molecule has 3 heterocycles. The molecule has 1 aliphatic rings. The van der Waals surface area contributed by atoms with Gasteiger partial charge in [-0.15, -0.1) is 0 Å². The van der Waals surface area contributed by atoms with Gasteiger partial charge in [0.1, 0.15) is 17.0 Å². The van der Waals surface area contributed by atoms with Crippen molar-refractivity contribution in [1.29, 1.82) is 0 Å². The Morgan fingerprint density at radius 3 is 2.47 bits per heavy atom. The second kappa shape index (κ2) is 8.43. The fourth-order valence-electron chi connectivity index (χ4n) is 4.29. The summed E-state index contributed by atoms with van der Waals surface area (Å²) in [7, 11) is 0. The Kier molecular flexibility index (Phi) is 5.42. The Hall–Kier alpha value is -3.97. The number of para-hydroxylation sites is 1. The molecule has 0 fully saturated rings. The third kappa shape index (κ3) is 3.28. The van der Waals surface area contributed by atoms with Gasteiger partial charge in [-0.05, 0) is 44.2 Å². The molecule has 0 spiro atoms. The number of rotatable bonds is 5. The second-order valence-electron chi connectivity index (χ2n) is 7.60. The monoisotopic (exact) mass is 474 g/mol. The molecule has 34 heavy (non-hydrogen) atoms. The third-order valence-corrected chi connectivity index (χ3v) is 5.87. The van der Waals surface area contributed by atoms with E-state index in [-0.39, 0.29) is 41.5 Å². The molecule has 0 atom stereocenters. The molecule has 2 aromatic heterocycles. The van der Waals surface area contributed by atoms with Crippen LogP contribution in [0.4, 0.5) is 0 Å². The molecule has 8 heteroatoms. The molecule has 4 aromatic rings. The number of hydrogen-bond donors (Lipinski definition) is 0. The summed E-state index contributed by atoms with van der Waals surface area (Å²) in [5, 5.41) is 1.28. The van der Waals surface area contributed by atoms with Gasteiger partial charge in [-0.25, -0.2) is 14.6 Å². The molecule has 0 amide bonds. The van der Waals surface area contributed by atoms with Crippen molar-refractivity contribution in [3.05, 3.63) is 82.1 Å². The summed E-state index contributed by atoms with van der Waals surface area (Å²) in [6.45, 7) is 3.52. The summed E-state index contributed by atoms with van der Waals surface area (Å²) in [4.78, 5) is 44.7. The van der Waals surface area contributed by atoms with Crippen LogP contribution in [-0.2, 0) is 9.47 Å². The standard InChI is InChI=1S/C26H19ClN2O5/c1-3-33-25(31)21-20(18-11-9-14-7-5-6-8-17(14)28-18)22-24(30)16-13-15(27)10-12-19(16)29(22)23(21)26(32)34-4-2/h5-13H,3-4H2,1-2H3. The van der Waals surface area contributed by atoms with Gasteiger partial charge in [0.25, 0.3) is 0 Å². The van der Waals surface area contributed by atoms with Crippen LogP contribution in [0.15, 0.2) is 54.6 Å². The molecule has 0 radical (unpaired) electrons. The van der Waals surface area contributed by atoms with Crippen molar-refractivity contribution in [3.8, 4) is 16.9 Å². The molecular formula is C26H19ClN2O5. The Bertz CT molecular complexity index is 1500. The molecule has 0 unspecified atom stereocenters. The molecule has 0 aliphatic carbocycles. The van der Waals surface area contributed by atoms with Gasteiger partial charge in [0.05, 0.1) is 30.1 Å². The van der Waals surface area contributed by atoms with Gasteiger partial charge in [-0.2, -0.15) is 0 Å². The lowest BCUT2D eigenvalue weighted by molar-refractivity contribution is 0.0473. The number of pyridine rings is 1. The number of benzene rings is 2. The number of esters is 2. The molecule has 0 N–H and O–H groups in total. The van der Waals surface area contributed by atoms with Gasteiger partial charge in [0, 0.05) is 21.5 Å². The molecule has 0 saturated heterocycles. The molecular weight excluding hydrogens is 456 g/mol. The number of halogens is 1. The zero-order valence-corrected chi connectivity index (χ0v) is 19.2. The van der Waals surface area contributed by atoms with Gasteiger partial charge in [-0.1, -0.05) is 35.9 Å². The number of ketones is 1. The van der Waals surface area contributed by atoms with Crippen LogP contribution >= 0.6 is 11.6 Å². The van der Waals surface area contributed by atoms with Crippen molar-refractivity contribution >= 4 is 40.2 Å². The van der Waals surface area contributed by atoms with Gasteiger partial charge >= 0.3 is 11.9 Å². The SMILES string of the molecule is CCOC(=O)c1c(-c2ccc3ccccc3n2)c2n(c1C(=O)OCC)-c1ccc(Cl)cc1C2=O. The first-order valence-corrected chi connectivity index (χ1v) is 11.2. The van der Waals surface area contributed by atoms with Crippen LogP contribution in [0.5, 0.6) is 0 Å². The van der Waals surface area contributed by atoms with Crippen LogP contribution in [0.25, 0.3) is 27.8 Å². The van der Waals surface area contributed by atoms with E-state index in [1.807, 2.05) is 30.3 Å². The summed E-state index contributed by atoms with van der Waals surface area (Å²) < 4.78 is 12.1. The highest BCUT2D eigenvalue weighted by atomic mass is 35.5. The quantitative estimate of drug-likeness (QED) is 0.323. The Labute approximate surface area is 199 Å². The Balaban J connectivity index is 1.90. The minimum Gasteiger partial charge on any atom is -0.462 e. The van der Waals surface area contributed by atoms with Crippen molar-refractivity contribution in [1.82, 2.24) is 9.55 Å². The summed E-state index contributed by atoms with van der Waals surface area (Å²) in [6.07, 6.45) is 0. The van der Waals surface area contributed by atoms with Crippen LogP contribution < -0.4 is 0 Å². The average molecular weight is 475 g/mol. The molecule has 2 aromatic carbocycles. The smallest absolute Gasteiger partial charge is 0.356 e. The summed E-state index contributed by atoms with van der Waals surface area (Å²) in [6, 6.07) is 15.9. The van der Waals surface area contributed by atoms with Crippen molar-refractivity contribution in [2.24, 2.45) is 0 Å². The van der Waals surface area contributed by atoms with E-state index in [2.05, 4.69) is 0 Å². The second-order valence-corrected chi connectivity index (χ2v) is 8.04. The van der Waals surface area contributed by atoms with E-state index in [4.69, 9.17) is 26.1 Å². The van der Waals surface area contributed by atoms with Crippen LogP contribution in [0.3, 0.4) is 0 Å². The number of carbonyl (C=O) groups excluding carboxylic acids is 3. The maximum Gasteiger partial charge on any atom is 0.356 e. The van der Waals surface area contributed by atoms with E-state index in [1.165, 1.54) is 4.57 Å². The van der Waals surface area contributed by atoms with Crippen LogP contribution in [-0.4, -0.2) is 40.5 Å². The Morgan fingerprint density at radius 1 is 0.971 bits per heavy atom. The highest BCUT2D eigenvalue weighted by molar-refractivity contribution is 6.32. The fourth-order valence-corrected chi connectivity index (χ4v) is 4.46. The van der Waals surface area contributed by atoms with E-state index in [0.717, 1.165) is 5.39 Å². The predicted molar refractivity (Wildman–Crippen MR) is 127 cm³/mol. The zero-order chi connectivity index (χ0) is 24.0. The zero-order valence-electron chi connectivity index (χ0n) is 18.4. The summed E-state index contributed by atoms with van der Waals surface area (Å²) in [5.41, 5.74) is 2.06. The fraction of sp³-hybridized carbons (Fsp3) is 0.154. The number of nitrogens with zero attached hydrogens (tertiary/aromatic N) is 2. The molecule has 0 saturated carbocycles. The lowest BCUT2D eigenvalue weighted by Gasteiger charge is -2.11. The summed E-state index contributed by atoms with van der Waals surface area (Å²) >= 11 is 6.16. The topological polar surface area (TPSA) is 87.5 Å². The highest BCUT2D eigenvalue weighted by Crippen LogP contribution is 2.42. The third-order valence-electron chi connectivity index (χ3n) is 5.63. The number of ether oxygens (including phenoxy) is 2. The first kappa shape index (κ1) is 21.9. The minimum atomic E-state index is -0.741. The van der Waals surface area contributed by atoms with Gasteiger partial charge in [0.2, 0.25) is 5.78 Å². The lowest BCUT2D eigenvalue weighted by atomic mass is 9.99. The van der Waals surface area contributed by atoms with E-state index < -0.39 is 11.9 Å². The highest BCUT2D eigenvalue weighted by Gasteiger charge is 2.42. The first-order valence-electron chi connectivity index (χ1n) is 10.8. The molecule has 170 valence electrons. The van der Waals surface area contributed by atoms with Gasteiger partial charge < -0.3 is 9.47 Å². The van der Waals surface area contributed by atoms with E-state index in [1.54, 1.807) is 38.1 Å². The van der Waals surface area contributed by atoms with Crippen molar-refractivity contribution in [2.45, 2.75) is 13.8 Å². The summed E-state index contributed by atoms with van der Waals surface area (Å²) in [5.74, 6) is -1.85. The largest absolute Gasteiger partial charge is 0.462 e. The maximum absolute atomic E-state index is 13.6. The number of fused-ring (bicyclic) bond motifs is 4.